The Balaban J connectivity index is 2.22. The number of hydrogen-bond donors (Lipinski definition) is 2. The molecule has 17 heavy (non-hydrogen) atoms. The Bertz CT molecular complexity index is 526. The molecule has 0 spiro atoms. The minimum Gasteiger partial charge on any atom is -0.373 e. The molecule has 0 aliphatic carbocycles. The van der Waals surface area contributed by atoms with Crippen molar-refractivity contribution in [3.05, 3.63) is 47.9 Å². The van der Waals surface area contributed by atoms with Crippen LogP contribution >= 0.6 is 0 Å². The number of benzene rings is 1. The largest absolute Gasteiger partial charge is 0.373 e. The molecule has 0 fully saturated rings. The first kappa shape index (κ1) is 11.4. The van der Waals surface area contributed by atoms with E-state index in [0.29, 0.717) is 5.56 Å². The topological polar surface area (TPSA) is 37.0 Å². The lowest BCUT2D eigenvalue weighted by Crippen LogP contribution is -1.95. The fourth-order valence-corrected chi connectivity index (χ4v) is 1.53. The summed E-state index contributed by atoms with van der Waals surface area (Å²) >= 11 is 0. The molecule has 2 aromatic rings. The van der Waals surface area contributed by atoms with Crippen molar-refractivity contribution in [2.75, 3.05) is 17.7 Å². The van der Waals surface area contributed by atoms with Crippen LogP contribution in [0.15, 0.2) is 36.5 Å². The Kier molecular flexibility index (Phi) is 3.23. The number of halogens is 1. The van der Waals surface area contributed by atoms with Crippen molar-refractivity contribution in [1.82, 2.24) is 4.98 Å². The molecule has 0 bridgehead atoms. The zero-order chi connectivity index (χ0) is 12.3. The standard InChI is InChI=1S/C13H14FN3/c1-9-7-10(3-4-12(9)14)17-11-5-6-16-13(8-11)15-2/h3-8H,1-2H3,(H2,15,16,17). The number of hydrogen-bond acceptors (Lipinski definition) is 3. The maximum absolute atomic E-state index is 13.1. The van der Waals surface area contributed by atoms with Gasteiger partial charge in [0.05, 0.1) is 0 Å². The lowest BCUT2D eigenvalue weighted by molar-refractivity contribution is 0.619. The summed E-state index contributed by atoms with van der Waals surface area (Å²) in [6, 6.07) is 8.69. The van der Waals surface area contributed by atoms with Gasteiger partial charge in [-0.1, -0.05) is 0 Å². The van der Waals surface area contributed by atoms with E-state index in [1.165, 1.54) is 6.07 Å². The van der Waals surface area contributed by atoms with Gasteiger partial charge in [0.25, 0.3) is 0 Å². The zero-order valence-electron chi connectivity index (χ0n) is 9.79. The van der Waals surface area contributed by atoms with E-state index in [0.717, 1.165) is 17.2 Å². The highest BCUT2D eigenvalue weighted by atomic mass is 19.1. The summed E-state index contributed by atoms with van der Waals surface area (Å²) in [5.74, 6) is 0.593. The lowest BCUT2D eigenvalue weighted by atomic mass is 10.2. The van der Waals surface area contributed by atoms with Gasteiger partial charge in [-0.25, -0.2) is 9.37 Å². The molecule has 1 aromatic carbocycles. The van der Waals surface area contributed by atoms with Gasteiger partial charge in [0.2, 0.25) is 0 Å². The molecule has 1 heterocycles. The van der Waals surface area contributed by atoms with Crippen molar-refractivity contribution in [3.63, 3.8) is 0 Å². The number of nitrogens with one attached hydrogen (secondary N) is 2. The molecule has 0 atom stereocenters. The highest BCUT2D eigenvalue weighted by Gasteiger charge is 2.00. The van der Waals surface area contributed by atoms with Gasteiger partial charge >= 0.3 is 0 Å². The van der Waals surface area contributed by atoms with Crippen LogP contribution in [0.5, 0.6) is 0 Å². The minimum absolute atomic E-state index is 0.193. The van der Waals surface area contributed by atoms with E-state index >= 15 is 0 Å². The van der Waals surface area contributed by atoms with Crippen molar-refractivity contribution in [3.8, 4) is 0 Å². The van der Waals surface area contributed by atoms with Crippen LogP contribution in [0.1, 0.15) is 5.56 Å². The molecule has 0 radical (unpaired) electrons. The average Bonchev–Trinajstić information content (AvgIpc) is 2.34. The van der Waals surface area contributed by atoms with E-state index < -0.39 is 0 Å². The van der Waals surface area contributed by atoms with Gasteiger partial charge in [-0.15, -0.1) is 0 Å². The first-order valence-corrected chi connectivity index (χ1v) is 5.36. The van der Waals surface area contributed by atoms with Gasteiger partial charge in [-0.2, -0.15) is 0 Å². The third-order valence-corrected chi connectivity index (χ3v) is 2.46. The Morgan fingerprint density at radius 3 is 2.59 bits per heavy atom. The van der Waals surface area contributed by atoms with Crippen molar-refractivity contribution >= 4 is 17.2 Å². The van der Waals surface area contributed by atoms with Gasteiger partial charge in [0.15, 0.2) is 0 Å². The Morgan fingerprint density at radius 1 is 1.12 bits per heavy atom. The first-order chi connectivity index (χ1) is 8.19. The van der Waals surface area contributed by atoms with Gasteiger partial charge in [0.1, 0.15) is 11.6 Å². The van der Waals surface area contributed by atoms with Crippen molar-refractivity contribution in [1.29, 1.82) is 0 Å². The molecule has 0 saturated carbocycles. The quantitative estimate of drug-likeness (QED) is 0.850. The van der Waals surface area contributed by atoms with Crippen LogP contribution in [0, 0.1) is 12.7 Å². The van der Waals surface area contributed by atoms with Gasteiger partial charge in [0, 0.05) is 30.7 Å². The number of rotatable bonds is 3. The van der Waals surface area contributed by atoms with Crippen LogP contribution in [0.25, 0.3) is 0 Å². The molecule has 2 N–H and O–H groups in total. The predicted octanol–water partition coefficient (Wildman–Crippen LogP) is 3.31. The van der Waals surface area contributed by atoms with Crippen LogP contribution in [0.2, 0.25) is 0 Å². The fraction of sp³-hybridized carbons (Fsp3) is 0.154. The van der Waals surface area contributed by atoms with E-state index in [1.807, 2.05) is 19.2 Å². The molecule has 0 amide bonds. The fourth-order valence-electron chi connectivity index (χ4n) is 1.53. The van der Waals surface area contributed by atoms with Crippen molar-refractivity contribution in [2.24, 2.45) is 0 Å². The van der Waals surface area contributed by atoms with Crippen LogP contribution in [-0.4, -0.2) is 12.0 Å². The number of aromatic nitrogens is 1. The number of aryl methyl sites for hydroxylation is 1. The zero-order valence-corrected chi connectivity index (χ0v) is 9.79. The summed E-state index contributed by atoms with van der Waals surface area (Å²) in [5.41, 5.74) is 2.39. The first-order valence-electron chi connectivity index (χ1n) is 5.36. The number of anilines is 3. The summed E-state index contributed by atoms with van der Waals surface area (Å²) in [7, 11) is 1.81. The van der Waals surface area contributed by atoms with E-state index in [1.54, 1.807) is 25.3 Å². The minimum atomic E-state index is -0.193. The highest BCUT2D eigenvalue weighted by Crippen LogP contribution is 2.20. The molecule has 2 rings (SSSR count). The predicted molar refractivity (Wildman–Crippen MR) is 68.2 cm³/mol. The molecular weight excluding hydrogens is 217 g/mol. The summed E-state index contributed by atoms with van der Waals surface area (Å²) < 4.78 is 13.1. The maximum Gasteiger partial charge on any atom is 0.127 e. The number of nitrogens with zero attached hydrogens (tertiary/aromatic N) is 1. The second kappa shape index (κ2) is 4.82. The smallest absolute Gasteiger partial charge is 0.127 e. The van der Waals surface area contributed by atoms with E-state index in [2.05, 4.69) is 15.6 Å². The molecule has 4 heteroatoms. The van der Waals surface area contributed by atoms with Gasteiger partial charge in [-0.3, -0.25) is 0 Å². The maximum atomic E-state index is 13.1. The second-order valence-corrected chi connectivity index (χ2v) is 3.77. The number of pyridine rings is 1. The summed E-state index contributed by atoms with van der Waals surface area (Å²) in [6.45, 7) is 1.74. The average molecular weight is 231 g/mol. The van der Waals surface area contributed by atoms with Gasteiger partial charge in [-0.05, 0) is 36.8 Å². The SMILES string of the molecule is CNc1cc(Nc2ccc(F)c(C)c2)ccn1. The van der Waals surface area contributed by atoms with Crippen LogP contribution in [0.4, 0.5) is 21.6 Å². The molecule has 1 aromatic heterocycles. The Hall–Kier alpha value is -2.10. The molecule has 0 unspecified atom stereocenters. The molecule has 0 aliphatic rings. The molecule has 3 nitrogen and oxygen atoms in total. The van der Waals surface area contributed by atoms with Crippen molar-refractivity contribution in [2.45, 2.75) is 6.92 Å². The second-order valence-electron chi connectivity index (χ2n) is 3.77. The summed E-state index contributed by atoms with van der Waals surface area (Å²) in [5, 5.41) is 6.16. The van der Waals surface area contributed by atoms with Crippen LogP contribution < -0.4 is 10.6 Å². The molecule has 0 saturated heterocycles. The van der Waals surface area contributed by atoms with Crippen LogP contribution in [-0.2, 0) is 0 Å². The molecular formula is C13H14FN3. The highest BCUT2D eigenvalue weighted by molar-refractivity contribution is 5.62. The monoisotopic (exact) mass is 231 g/mol. The summed E-state index contributed by atoms with van der Waals surface area (Å²) in [6.07, 6.45) is 1.71. The van der Waals surface area contributed by atoms with E-state index in [-0.39, 0.29) is 5.82 Å². The third-order valence-electron chi connectivity index (χ3n) is 2.46. The summed E-state index contributed by atoms with van der Waals surface area (Å²) in [4.78, 5) is 4.12. The van der Waals surface area contributed by atoms with Crippen LogP contribution in [0.3, 0.4) is 0 Å². The van der Waals surface area contributed by atoms with E-state index in [4.69, 9.17) is 0 Å². The normalized spacial score (nSPS) is 10.1. The van der Waals surface area contributed by atoms with Crippen molar-refractivity contribution < 1.29 is 4.39 Å². The Labute approximate surface area is 99.7 Å². The van der Waals surface area contributed by atoms with Gasteiger partial charge < -0.3 is 10.6 Å². The lowest BCUT2D eigenvalue weighted by Gasteiger charge is -2.08. The molecule has 88 valence electrons. The molecule has 0 aliphatic heterocycles. The Morgan fingerprint density at radius 2 is 1.88 bits per heavy atom. The van der Waals surface area contributed by atoms with E-state index in [9.17, 15) is 4.39 Å². The third kappa shape index (κ3) is 2.72.